The van der Waals surface area contributed by atoms with Crippen molar-refractivity contribution in [2.45, 2.75) is 52.0 Å². The number of carbonyl (C=O) groups excluding carboxylic acids is 1. The molecule has 5 nitrogen and oxygen atoms in total. The van der Waals surface area contributed by atoms with Gasteiger partial charge < -0.3 is 11.1 Å². The van der Waals surface area contributed by atoms with Crippen molar-refractivity contribution in [3.63, 3.8) is 0 Å². The molecule has 1 heterocycles. The Labute approximate surface area is 108 Å². The van der Waals surface area contributed by atoms with Gasteiger partial charge in [0.2, 0.25) is 0 Å². The molecule has 3 N–H and O–H groups in total. The Morgan fingerprint density at radius 2 is 2.06 bits per heavy atom. The minimum Gasteiger partial charge on any atom is -0.382 e. The van der Waals surface area contributed by atoms with E-state index in [9.17, 15) is 4.79 Å². The minimum absolute atomic E-state index is 0.135. The highest BCUT2D eigenvalue weighted by molar-refractivity contribution is 5.96. The van der Waals surface area contributed by atoms with E-state index in [1.54, 1.807) is 0 Å². The van der Waals surface area contributed by atoms with E-state index in [1.165, 1.54) is 31.7 Å². The van der Waals surface area contributed by atoms with Crippen molar-refractivity contribution >= 4 is 11.7 Å². The van der Waals surface area contributed by atoms with Gasteiger partial charge in [-0.05, 0) is 13.3 Å². The van der Waals surface area contributed by atoms with Crippen LogP contribution in [0.1, 0.15) is 56.4 Å². The van der Waals surface area contributed by atoms with Crippen LogP contribution in [-0.2, 0) is 0 Å². The summed E-state index contributed by atoms with van der Waals surface area (Å²) in [6.45, 7) is 4.18. The molecule has 0 aromatic carbocycles. The molecule has 1 rings (SSSR count). The van der Waals surface area contributed by atoms with E-state index in [0.717, 1.165) is 12.8 Å². The number of rotatable bonds is 7. The van der Waals surface area contributed by atoms with Gasteiger partial charge in [-0.1, -0.05) is 32.6 Å². The van der Waals surface area contributed by atoms with Crippen molar-refractivity contribution in [3.05, 3.63) is 18.1 Å². The fourth-order valence-corrected chi connectivity index (χ4v) is 1.77. The largest absolute Gasteiger partial charge is 0.382 e. The molecule has 0 fully saturated rings. The number of aromatic nitrogens is 2. The van der Waals surface area contributed by atoms with E-state index in [-0.39, 0.29) is 23.5 Å². The van der Waals surface area contributed by atoms with Gasteiger partial charge >= 0.3 is 0 Å². The lowest BCUT2D eigenvalue weighted by molar-refractivity contribution is 0.0933. The third-order valence-electron chi connectivity index (χ3n) is 2.81. The zero-order valence-electron chi connectivity index (χ0n) is 11.1. The van der Waals surface area contributed by atoms with Crippen molar-refractivity contribution in [2.75, 3.05) is 5.73 Å². The number of unbranched alkanes of at least 4 members (excludes halogenated alkanes) is 3. The van der Waals surface area contributed by atoms with Crippen LogP contribution in [0.3, 0.4) is 0 Å². The van der Waals surface area contributed by atoms with E-state index in [2.05, 4.69) is 22.2 Å². The van der Waals surface area contributed by atoms with E-state index < -0.39 is 0 Å². The van der Waals surface area contributed by atoms with Crippen LogP contribution in [-0.4, -0.2) is 21.9 Å². The van der Waals surface area contributed by atoms with Crippen LogP contribution in [0.2, 0.25) is 0 Å². The predicted octanol–water partition coefficient (Wildman–Crippen LogP) is 2.15. The molecule has 0 aliphatic carbocycles. The molecule has 0 aliphatic heterocycles. The van der Waals surface area contributed by atoms with E-state index in [4.69, 9.17) is 5.73 Å². The number of nitrogens with zero attached hydrogens (tertiary/aromatic N) is 2. The Morgan fingerprint density at radius 1 is 1.33 bits per heavy atom. The Hall–Kier alpha value is -1.65. The van der Waals surface area contributed by atoms with Gasteiger partial charge in [-0.25, -0.2) is 9.97 Å². The zero-order chi connectivity index (χ0) is 13.4. The standard InChI is InChI=1S/C13H22N4O/c1-3-4-5-6-7-10(2)17-13(18)11-12(14)16-9-8-15-11/h8-10H,3-7H2,1-2H3,(H2,14,16)(H,17,18)/t10-/m1/s1. The lowest BCUT2D eigenvalue weighted by Crippen LogP contribution is -2.33. The lowest BCUT2D eigenvalue weighted by Gasteiger charge is -2.13. The summed E-state index contributed by atoms with van der Waals surface area (Å²) in [5.74, 6) is -0.0724. The maximum atomic E-state index is 11.9. The molecule has 0 saturated carbocycles. The Kier molecular flexibility index (Phi) is 6.11. The van der Waals surface area contributed by atoms with E-state index in [0.29, 0.717) is 0 Å². The quantitative estimate of drug-likeness (QED) is 0.726. The summed E-state index contributed by atoms with van der Waals surface area (Å²) in [6.07, 6.45) is 8.73. The molecule has 0 unspecified atom stereocenters. The molecule has 1 atom stereocenters. The molecule has 0 aliphatic rings. The first-order valence-electron chi connectivity index (χ1n) is 6.52. The number of hydrogen-bond donors (Lipinski definition) is 2. The first-order valence-corrected chi connectivity index (χ1v) is 6.52. The summed E-state index contributed by atoms with van der Waals surface area (Å²) in [5.41, 5.74) is 5.81. The average Bonchev–Trinajstić information content (AvgIpc) is 2.35. The van der Waals surface area contributed by atoms with E-state index in [1.807, 2.05) is 6.92 Å². The van der Waals surface area contributed by atoms with Gasteiger partial charge in [0.1, 0.15) is 0 Å². The minimum atomic E-state index is -0.247. The van der Waals surface area contributed by atoms with Gasteiger partial charge in [0.25, 0.3) is 5.91 Å². The van der Waals surface area contributed by atoms with E-state index >= 15 is 0 Å². The summed E-state index contributed by atoms with van der Waals surface area (Å²) < 4.78 is 0. The highest BCUT2D eigenvalue weighted by atomic mass is 16.2. The summed E-state index contributed by atoms with van der Waals surface area (Å²) in [6, 6.07) is 0.135. The topological polar surface area (TPSA) is 80.9 Å². The van der Waals surface area contributed by atoms with Crippen molar-refractivity contribution in [3.8, 4) is 0 Å². The first-order chi connectivity index (χ1) is 8.65. The van der Waals surface area contributed by atoms with Gasteiger partial charge in [-0.15, -0.1) is 0 Å². The second kappa shape index (κ2) is 7.63. The van der Waals surface area contributed by atoms with Crippen molar-refractivity contribution < 1.29 is 4.79 Å². The highest BCUT2D eigenvalue weighted by Crippen LogP contribution is 2.07. The molecule has 1 aromatic rings. The van der Waals surface area contributed by atoms with Gasteiger partial charge in [0, 0.05) is 18.4 Å². The van der Waals surface area contributed by atoms with Crippen molar-refractivity contribution in [1.29, 1.82) is 0 Å². The molecule has 18 heavy (non-hydrogen) atoms. The van der Waals surface area contributed by atoms with Crippen LogP contribution in [0.25, 0.3) is 0 Å². The number of amides is 1. The number of nitrogens with one attached hydrogen (secondary N) is 1. The fourth-order valence-electron chi connectivity index (χ4n) is 1.77. The van der Waals surface area contributed by atoms with Crippen molar-refractivity contribution in [1.82, 2.24) is 15.3 Å². The van der Waals surface area contributed by atoms with Gasteiger partial charge in [0.15, 0.2) is 11.5 Å². The number of hydrogen-bond acceptors (Lipinski definition) is 4. The Morgan fingerprint density at radius 3 is 2.72 bits per heavy atom. The monoisotopic (exact) mass is 250 g/mol. The Bertz CT molecular complexity index is 381. The maximum Gasteiger partial charge on any atom is 0.273 e. The van der Waals surface area contributed by atoms with Crippen LogP contribution >= 0.6 is 0 Å². The molecule has 100 valence electrons. The molecule has 1 amide bonds. The zero-order valence-corrected chi connectivity index (χ0v) is 11.1. The van der Waals surface area contributed by atoms with Crippen LogP contribution in [0, 0.1) is 0 Å². The third-order valence-corrected chi connectivity index (χ3v) is 2.81. The molecule has 0 saturated heterocycles. The molecular weight excluding hydrogens is 228 g/mol. The second-order valence-electron chi connectivity index (χ2n) is 4.51. The smallest absolute Gasteiger partial charge is 0.273 e. The van der Waals surface area contributed by atoms with Crippen LogP contribution in [0.4, 0.5) is 5.82 Å². The Balaban J connectivity index is 2.38. The van der Waals surface area contributed by atoms with Crippen LogP contribution < -0.4 is 11.1 Å². The molecule has 0 spiro atoms. The fraction of sp³-hybridized carbons (Fsp3) is 0.615. The van der Waals surface area contributed by atoms with Gasteiger partial charge in [-0.3, -0.25) is 4.79 Å². The van der Waals surface area contributed by atoms with Crippen LogP contribution in [0.15, 0.2) is 12.4 Å². The molecule has 0 bridgehead atoms. The lowest BCUT2D eigenvalue weighted by atomic mass is 10.1. The maximum absolute atomic E-state index is 11.9. The highest BCUT2D eigenvalue weighted by Gasteiger charge is 2.14. The summed E-state index contributed by atoms with van der Waals surface area (Å²) in [7, 11) is 0. The number of nitrogen functional groups attached to an aromatic ring is 1. The normalized spacial score (nSPS) is 12.1. The second-order valence-corrected chi connectivity index (χ2v) is 4.51. The molecule has 1 aromatic heterocycles. The summed E-state index contributed by atoms with van der Waals surface area (Å²) in [4.78, 5) is 19.7. The molecule has 5 heteroatoms. The first kappa shape index (κ1) is 14.4. The van der Waals surface area contributed by atoms with Gasteiger partial charge in [-0.2, -0.15) is 0 Å². The average molecular weight is 250 g/mol. The summed E-state index contributed by atoms with van der Waals surface area (Å²) >= 11 is 0. The van der Waals surface area contributed by atoms with Crippen molar-refractivity contribution in [2.24, 2.45) is 0 Å². The van der Waals surface area contributed by atoms with Crippen LogP contribution in [0.5, 0.6) is 0 Å². The molecule has 0 radical (unpaired) electrons. The SMILES string of the molecule is CCCCCC[C@@H](C)NC(=O)c1nccnc1N. The summed E-state index contributed by atoms with van der Waals surface area (Å²) in [5, 5.41) is 2.89. The predicted molar refractivity (Wildman–Crippen MR) is 72.1 cm³/mol. The molecular formula is C13H22N4O. The number of carbonyl (C=O) groups is 1. The third kappa shape index (κ3) is 4.69. The number of anilines is 1. The number of nitrogens with two attached hydrogens (primary N) is 1. The van der Waals surface area contributed by atoms with Gasteiger partial charge in [0.05, 0.1) is 0 Å².